The van der Waals surface area contributed by atoms with Crippen molar-refractivity contribution >= 4 is 18.1 Å². The first kappa shape index (κ1) is 13.5. The summed E-state index contributed by atoms with van der Waals surface area (Å²) in [6.07, 6.45) is 1.51. The minimum absolute atomic E-state index is 0.0135. The number of anilines is 1. The standard InChI is InChI=1S/C11H13N7O2/c1-20-9-4-2-8(3-5-9)6-13-14-10(19)7-18-16-11(12)15-17-18/h2-6H,7H2,1H3,(H2,12,16)(H,14,19). The summed E-state index contributed by atoms with van der Waals surface area (Å²) in [5, 5.41) is 14.5. The summed E-state index contributed by atoms with van der Waals surface area (Å²) in [7, 11) is 1.59. The molecular formula is C11H13N7O2. The van der Waals surface area contributed by atoms with Crippen molar-refractivity contribution in [1.82, 2.24) is 25.6 Å². The number of ether oxygens (including phenoxy) is 1. The van der Waals surface area contributed by atoms with Gasteiger partial charge in [-0.05, 0) is 35.0 Å². The van der Waals surface area contributed by atoms with E-state index in [0.29, 0.717) is 0 Å². The van der Waals surface area contributed by atoms with Crippen LogP contribution in [0, 0.1) is 0 Å². The molecule has 104 valence electrons. The summed E-state index contributed by atoms with van der Waals surface area (Å²) >= 11 is 0. The largest absolute Gasteiger partial charge is 0.497 e. The van der Waals surface area contributed by atoms with Gasteiger partial charge in [0, 0.05) is 0 Å². The number of benzene rings is 1. The van der Waals surface area contributed by atoms with Crippen LogP contribution in [-0.4, -0.2) is 39.4 Å². The molecule has 0 saturated carbocycles. The summed E-state index contributed by atoms with van der Waals surface area (Å²) in [5.41, 5.74) is 8.45. The van der Waals surface area contributed by atoms with Crippen molar-refractivity contribution in [3.8, 4) is 5.75 Å². The second-order valence-corrected chi connectivity index (χ2v) is 3.74. The highest BCUT2D eigenvalue weighted by Gasteiger charge is 2.04. The molecule has 9 nitrogen and oxygen atoms in total. The van der Waals surface area contributed by atoms with Crippen LogP contribution in [-0.2, 0) is 11.3 Å². The van der Waals surface area contributed by atoms with E-state index >= 15 is 0 Å². The lowest BCUT2D eigenvalue weighted by molar-refractivity contribution is -0.122. The normalized spacial score (nSPS) is 10.7. The predicted octanol–water partition coefficient (Wildman–Crippen LogP) is -0.586. The zero-order valence-electron chi connectivity index (χ0n) is 10.7. The Bertz CT molecular complexity index is 605. The van der Waals surface area contributed by atoms with Gasteiger partial charge < -0.3 is 10.5 Å². The van der Waals surface area contributed by atoms with Crippen molar-refractivity contribution < 1.29 is 9.53 Å². The number of tetrazole rings is 1. The quantitative estimate of drug-likeness (QED) is 0.556. The first-order chi connectivity index (χ1) is 9.67. The second-order valence-electron chi connectivity index (χ2n) is 3.74. The lowest BCUT2D eigenvalue weighted by Gasteiger charge is -1.99. The van der Waals surface area contributed by atoms with E-state index in [2.05, 4.69) is 25.9 Å². The summed E-state index contributed by atoms with van der Waals surface area (Å²) in [5.74, 6) is 0.382. The fourth-order valence-electron chi connectivity index (χ4n) is 1.36. The highest BCUT2D eigenvalue weighted by molar-refractivity contribution is 5.82. The van der Waals surface area contributed by atoms with E-state index in [4.69, 9.17) is 10.5 Å². The van der Waals surface area contributed by atoms with Crippen molar-refractivity contribution in [2.45, 2.75) is 6.54 Å². The lowest BCUT2D eigenvalue weighted by atomic mass is 10.2. The average Bonchev–Trinajstić information content (AvgIpc) is 2.85. The molecule has 9 heteroatoms. The molecule has 0 saturated heterocycles. The van der Waals surface area contributed by atoms with Gasteiger partial charge >= 0.3 is 0 Å². The highest BCUT2D eigenvalue weighted by atomic mass is 16.5. The van der Waals surface area contributed by atoms with E-state index < -0.39 is 0 Å². The van der Waals surface area contributed by atoms with Crippen molar-refractivity contribution in [3.63, 3.8) is 0 Å². The predicted molar refractivity (Wildman–Crippen MR) is 71.0 cm³/mol. The molecular weight excluding hydrogens is 262 g/mol. The molecule has 2 aromatic rings. The van der Waals surface area contributed by atoms with Crippen LogP contribution in [0.5, 0.6) is 5.75 Å². The third-order valence-corrected chi connectivity index (χ3v) is 2.27. The Labute approximate surface area is 114 Å². The number of hydrogen-bond donors (Lipinski definition) is 2. The fourth-order valence-corrected chi connectivity index (χ4v) is 1.36. The van der Waals surface area contributed by atoms with Gasteiger partial charge in [-0.15, -0.1) is 5.10 Å². The summed E-state index contributed by atoms with van der Waals surface area (Å²) in [4.78, 5) is 12.6. The number of amides is 1. The molecule has 0 aliphatic carbocycles. The molecule has 0 bridgehead atoms. The molecule has 1 aromatic heterocycles. The SMILES string of the molecule is COc1ccc(C=NNC(=O)Cn2nnc(N)n2)cc1. The van der Waals surface area contributed by atoms with Crippen LogP contribution < -0.4 is 15.9 Å². The van der Waals surface area contributed by atoms with Crippen LogP contribution in [0.1, 0.15) is 5.56 Å². The van der Waals surface area contributed by atoms with Crippen LogP contribution in [0.15, 0.2) is 29.4 Å². The van der Waals surface area contributed by atoms with Crippen molar-refractivity contribution in [2.24, 2.45) is 5.10 Å². The maximum Gasteiger partial charge on any atom is 0.263 e. The van der Waals surface area contributed by atoms with Gasteiger partial charge in [-0.1, -0.05) is 5.10 Å². The molecule has 1 heterocycles. The first-order valence-corrected chi connectivity index (χ1v) is 5.66. The average molecular weight is 275 g/mol. The molecule has 1 amide bonds. The van der Waals surface area contributed by atoms with Crippen molar-refractivity contribution in [1.29, 1.82) is 0 Å². The number of carbonyl (C=O) groups is 1. The molecule has 0 radical (unpaired) electrons. The number of hydrazone groups is 1. The number of aromatic nitrogens is 4. The molecule has 0 unspecified atom stereocenters. The van der Waals surface area contributed by atoms with Gasteiger partial charge in [0.15, 0.2) is 0 Å². The maximum absolute atomic E-state index is 11.5. The smallest absolute Gasteiger partial charge is 0.263 e. The number of rotatable bonds is 5. The molecule has 0 spiro atoms. The Balaban J connectivity index is 1.84. The molecule has 0 fully saturated rings. The monoisotopic (exact) mass is 275 g/mol. The molecule has 0 atom stereocenters. The van der Waals surface area contributed by atoms with Gasteiger partial charge in [0.1, 0.15) is 12.3 Å². The Kier molecular flexibility index (Phi) is 4.22. The van der Waals surface area contributed by atoms with E-state index in [0.717, 1.165) is 16.1 Å². The summed E-state index contributed by atoms with van der Waals surface area (Å²) in [6.45, 7) is -0.107. The van der Waals surface area contributed by atoms with Gasteiger partial charge in [-0.2, -0.15) is 9.90 Å². The highest BCUT2D eigenvalue weighted by Crippen LogP contribution is 2.09. The topological polar surface area (TPSA) is 120 Å². The number of nitrogens with two attached hydrogens (primary N) is 1. The van der Waals surface area contributed by atoms with Crippen LogP contribution in [0.3, 0.4) is 0 Å². The van der Waals surface area contributed by atoms with E-state index in [1.54, 1.807) is 19.2 Å². The van der Waals surface area contributed by atoms with Crippen LogP contribution in [0.25, 0.3) is 0 Å². The molecule has 0 aliphatic heterocycles. The third kappa shape index (κ3) is 3.77. The number of nitrogen functional groups attached to an aromatic ring is 1. The van der Waals surface area contributed by atoms with Gasteiger partial charge in [-0.25, -0.2) is 5.43 Å². The van der Waals surface area contributed by atoms with E-state index in [1.165, 1.54) is 6.21 Å². The Hall–Kier alpha value is -2.97. The zero-order valence-corrected chi connectivity index (χ0v) is 10.7. The minimum Gasteiger partial charge on any atom is -0.497 e. The number of carbonyl (C=O) groups excluding carboxylic acids is 1. The molecule has 20 heavy (non-hydrogen) atoms. The number of methoxy groups -OCH3 is 1. The third-order valence-electron chi connectivity index (χ3n) is 2.27. The van der Waals surface area contributed by atoms with Gasteiger partial charge in [-0.3, -0.25) is 4.79 Å². The zero-order chi connectivity index (χ0) is 14.4. The summed E-state index contributed by atoms with van der Waals surface area (Å²) < 4.78 is 5.03. The van der Waals surface area contributed by atoms with Crippen LogP contribution >= 0.6 is 0 Å². The van der Waals surface area contributed by atoms with E-state index in [-0.39, 0.29) is 18.4 Å². The molecule has 3 N–H and O–H groups in total. The van der Waals surface area contributed by atoms with E-state index in [1.807, 2.05) is 12.1 Å². The maximum atomic E-state index is 11.5. The number of nitrogens with zero attached hydrogens (tertiary/aromatic N) is 5. The van der Waals surface area contributed by atoms with Crippen LogP contribution in [0.2, 0.25) is 0 Å². The first-order valence-electron chi connectivity index (χ1n) is 5.66. The Morgan fingerprint density at radius 1 is 1.50 bits per heavy atom. The Morgan fingerprint density at radius 3 is 2.85 bits per heavy atom. The Morgan fingerprint density at radius 2 is 2.25 bits per heavy atom. The molecule has 1 aromatic carbocycles. The minimum atomic E-state index is -0.382. The number of nitrogens with one attached hydrogen (secondary N) is 1. The van der Waals surface area contributed by atoms with Gasteiger partial charge in [0.05, 0.1) is 13.3 Å². The van der Waals surface area contributed by atoms with Crippen molar-refractivity contribution in [3.05, 3.63) is 29.8 Å². The van der Waals surface area contributed by atoms with E-state index in [9.17, 15) is 4.79 Å². The van der Waals surface area contributed by atoms with Gasteiger partial charge in [0.2, 0.25) is 0 Å². The van der Waals surface area contributed by atoms with Crippen LogP contribution in [0.4, 0.5) is 5.95 Å². The second kappa shape index (κ2) is 6.27. The summed E-state index contributed by atoms with van der Waals surface area (Å²) in [6, 6.07) is 7.22. The number of hydrogen-bond acceptors (Lipinski definition) is 7. The molecule has 0 aliphatic rings. The van der Waals surface area contributed by atoms with Crippen molar-refractivity contribution in [2.75, 3.05) is 12.8 Å². The molecule has 2 rings (SSSR count). The van der Waals surface area contributed by atoms with Gasteiger partial charge in [0.25, 0.3) is 11.9 Å². The fraction of sp³-hybridized carbons (Fsp3) is 0.182. The lowest BCUT2D eigenvalue weighted by Crippen LogP contribution is -2.24.